The van der Waals surface area contributed by atoms with Gasteiger partial charge < -0.3 is 15.2 Å². The predicted molar refractivity (Wildman–Crippen MR) is 77.9 cm³/mol. The van der Waals surface area contributed by atoms with Gasteiger partial charge in [0.15, 0.2) is 6.10 Å². The summed E-state index contributed by atoms with van der Waals surface area (Å²) in [6.45, 7) is 2.51. The van der Waals surface area contributed by atoms with Gasteiger partial charge in [-0.2, -0.15) is 0 Å². The lowest BCUT2D eigenvalue weighted by atomic mass is 10.1. The summed E-state index contributed by atoms with van der Waals surface area (Å²) in [5.74, 6) is 0.353. The molecule has 0 bridgehead atoms. The number of carbonyl (C=O) groups excluding carboxylic acids is 1. The van der Waals surface area contributed by atoms with Crippen molar-refractivity contribution >= 4 is 17.5 Å². The summed E-state index contributed by atoms with van der Waals surface area (Å²) in [5.41, 5.74) is -0.0989. The topological polar surface area (TPSA) is 58.6 Å². The van der Waals surface area contributed by atoms with Crippen LogP contribution >= 0.6 is 11.6 Å². The number of carbonyl (C=O) groups is 1. The molecule has 0 saturated heterocycles. The number of para-hydroxylation sites is 1. The second-order valence-electron chi connectivity index (χ2n) is 5.32. The maximum atomic E-state index is 12.1. The van der Waals surface area contributed by atoms with E-state index in [-0.39, 0.29) is 17.9 Å². The normalized spacial score (nSPS) is 17.4. The molecule has 5 heteroatoms. The summed E-state index contributed by atoms with van der Waals surface area (Å²) in [7, 11) is 0. The lowest BCUT2D eigenvalue weighted by molar-refractivity contribution is -0.128. The van der Waals surface area contributed by atoms with E-state index in [9.17, 15) is 9.90 Å². The minimum atomic E-state index is -0.565. The van der Waals surface area contributed by atoms with Gasteiger partial charge in [-0.1, -0.05) is 30.7 Å². The third-order valence-corrected chi connectivity index (χ3v) is 4.01. The first-order valence-corrected chi connectivity index (χ1v) is 7.28. The number of aliphatic hydroxyl groups excluding tert-OH is 1. The highest BCUT2D eigenvalue weighted by Crippen LogP contribution is 2.44. The zero-order valence-electron chi connectivity index (χ0n) is 11.6. The van der Waals surface area contributed by atoms with Crippen molar-refractivity contribution in [2.75, 3.05) is 13.2 Å². The summed E-state index contributed by atoms with van der Waals surface area (Å²) < 4.78 is 5.67. The minimum Gasteiger partial charge on any atom is -0.479 e. The zero-order valence-corrected chi connectivity index (χ0v) is 12.3. The number of aliphatic hydroxyl groups is 1. The van der Waals surface area contributed by atoms with E-state index < -0.39 is 6.10 Å². The van der Waals surface area contributed by atoms with E-state index in [2.05, 4.69) is 5.32 Å². The molecule has 0 radical (unpaired) electrons. The highest BCUT2D eigenvalue weighted by Gasteiger charge is 2.42. The SMILES string of the molecule is CCC(Oc1ccccc1Cl)C(=O)NCC1(CO)CC1. The molecule has 1 aromatic carbocycles. The fourth-order valence-corrected chi connectivity index (χ4v) is 2.15. The van der Waals surface area contributed by atoms with Crippen LogP contribution in [0.5, 0.6) is 5.75 Å². The Morgan fingerprint density at radius 3 is 2.75 bits per heavy atom. The molecule has 4 nitrogen and oxygen atoms in total. The van der Waals surface area contributed by atoms with Gasteiger partial charge in [0.2, 0.25) is 0 Å². The summed E-state index contributed by atoms with van der Waals surface area (Å²) in [4.78, 5) is 12.1. The van der Waals surface area contributed by atoms with Crippen LogP contribution < -0.4 is 10.1 Å². The molecule has 0 aromatic heterocycles. The fraction of sp³-hybridized carbons (Fsp3) is 0.533. The Labute approximate surface area is 124 Å². The number of amides is 1. The van der Waals surface area contributed by atoms with Crippen molar-refractivity contribution in [1.82, 2.24) is 5.32 Å². The third-order valence-electron chi connectivity index (χ3n) is 3.70. The zero-order chi connectivity index (χ0) is 14.6. The molecule has 110 valence electrons. The molecule has 20 heavy (non-hydrogen) atoms. The van der Waals surface area contributed by atoms with Gasteiger partial charge >= 0.3 is 0 Å². The van der Waals surface area contributed by atoms with Crippen LogP contribution in [0.1, 0.15) is 26.2 Å². The van der Waals surface area contributed by atoms with Crippen LogP contribution in [-0.2, 0) is 4.79 Å². The molecule has 1 atom stereocenters. The van der Waals surface area contributed by atoms with Crippen LogP contribution in [0, 0.1) is 5.41 Å². The molecule has 1 saturated carbocycles. The van der Waals surface area contributed by atoms with Gasteiger partial charge in [0.25, 0.3) is 5.91 Å². The number of nitrogens with one attached hydrogen (secondary N) is 1. The summed E-state index contributed by atoms with van der Waals surface area (Å²) in [5, 5.41) is 12.6. The van der Waals surface area contributed by atoms with Crippen molar-refractivity contribution in [2.24, 2.45) is 5.41 Å². The Morgan fingerprint density at radius 1 is 1.50 bits per heavy atom. The molecular formula is C15H20ClNO3. The van der Waals surface area contributed by atoms with Crippen molar-refractivity contribution in [3.63, 3.8) is 0 Å². The van der Waals surface area contributed by atoms with E-state index in [0.717, 1.165) is 12.8 Å². The molecule has 1 fully saturated rings. The first kappa shape index (κ1) is 15.1. The Morgan fingerprint density at radius 2 is 2.20 bits per heavy atom. The molecule has 1 unspecified atom stereocenters. The Bertz CT molecular complexity index is 474. The second kappa shape index (κ2) is 6.46. The number of halogens is 1. The first-order valence-electron chi connectivity index (χ1n) is 6.90. The van der Waals surface area contributed by atoms with Crippen molar-refractivity contribution in [1.29, 1.82) is 0 Å². The lowest BCUT2D eigenvalue weighted by Gasteiger charge is -2.20. The van der Waals surface area contributed by atoms with E-state index in [1.807, 2.05) is 19.1 Å². The van der Waals surface area contributed by atoms with Gasteiger partial charge in [-0.05, 0) is 31.4 Å². The molecule has 0 spiro atoms. The molecule has 2 rings (SSSR count). The fourth-order valence-electron chi connectivity index (χ4n) is 1.97. The van der Waals surface area contributed by atoms with Gasteiger partial charge in [-0.25, -0.2) is 0 Å². The first-order chi connectivity index (χ1) is 9.60. The maximum Gasteiger partial charge on any atom is 0.261 e. The molecule has 1 aliphatic rings. The van der Waals surface area contributed by atoms with Gasteiger partial charge in [0.05, 0.1) is 11.6 Å². The summed E-state index contributed by atoms with van der Waals surface area (Å²) in [6.07, 6.45) is 1.92. The smallest absolute Gasteiger partial charge is 0.261 e. The summed E-state index contributed by atoms with van der Waals surface area (Å²) >= 11 is 6.02. The van der Waals surface area contributed by atoms with Crippen molar-refractivity contribution in [2.45, 2.75) is 32.3 Å². The molecule has 0 aliphatic heterocycles. The number of hydrogen-bond donors (Lipinski definition) is 2. The molecule has 1 aromatic rings. The average molecular weight is 298 g/mol. The van der Waals surface area contributed by atoms with Gasteiger partial charge in [0.1, 0.15) is 5.75 Å². The number of rotatable bonds is 7. The third kappa shape index (κ3) is 3.64. The Kier molecular flexibility index (Phi) is 4.89. The van der Waals surface area contributed by atoms with Gasteiger partial charge in [-0.15, -0.1) is 0 Å². The molecular weight excluding hydrogens is 278 g/mol. The van der Waals surface area contributed by atoms with Crippen LogP contribution in [-0.4, -0.2) is 30.3 Å². The minimum absolute atomic E-state index is 0.0989. The van der Waals surface area contributed by atoms with E-state index in [1.54, 1.807) is 12.1 Å². The second-order valence-corrected chi connectivity index (χ2v) is 5.73. The van der Waals surface area contributed by atoms with E-state index in [4.69, 9.17) is 16.3 Å². The highest BCUT2D eigenvalue weighted by molar-refractivity contribution is 6.32. The highest BCUT2D eigenvalue weighted by atomic mass is 35.5. The largest absolute Gasteiger partial charge is 0.479 e. The monoisotopic (exact) mass is 297 g/mol. The molecule has 2 N–H and O–H groups in total. The lowest BCUT2D eigenvalue weighted by Crippen LogP contribution is -2.41. The van der Waals surface area contributed by atoms with Crippen LogP contribution in [0.4, 0.5) is 0 Å². The van der Waals surface area contributed by atoms with Crippen LogP contribution in [0.3, 0.4) is 0 Å². The number of hydrogen-bond acceptors (Lipinski definition) is 3. The average Bonchev–Trinajstić information content (AvgIpc) is 3.24. The Balaban J connectivity index is 1.91. The van der Waals surface area contributed by atoms with Gasteiger partial charge in [-0.3, -0.25) is 4.79 Å². The standard InChI is InChI=1S/C15H20ClNO3/c1-2-12(20-13-6-4-3-5-11(13)16)14(19)17-9-15(10-18)7-8-15/h3-6,12,18H,2,7-10H2,1H3,(H,17,19). The van der Waals surface area contributed by atoms with E-state index >= 15 is 0 Å². The molecule has 1 aliphatic carbocycles. The number of ether oxygens (including phenoxy) is 1. The summed E-state index contributed by atoms with van der Waals surface area (Å²) in [6, 6.07) is 7.10. The van der Waals surface area contributed by atoms with Crippen molar-refractivity contribution in [3.05, 3.63) is 29.3 Å². The van der Waals surface area contributed by atoms with Crippen LogP contribution in [0.15, 0.2) is 24.3 Å². The number of benzene rings is 1. The van der Waals surface area contributed by atoms with Gasteiger partial charge in [0, 0.05) is 12.0 Å². The van der Waals surface area contributed by atoms with Crippen LogP contribution in [0.2, 0.25) is 5.02 Å². The Hall–Kier alpha value is -1.26. The van der Waals surface area contributed by atoms with Crippen molar-refractivity contribution < 1.29 is 14.6 Å². The van der Waals surface area contributed by atoms with E-state index in [0.29, 0.717) is 23.7 Å². The van der Waals surface area contributed by atoms with Crippen LogP contribution in [0.25, 0.3) is 0 Å². The van der Waals surface area contributed by atoms with Crippen molar-refractivity contribution in [3.8, 4) is 5.75 Å². The predicted octanol–water partition coefficient (Wildman–Crippen LogP) is 2.39. The maximum absolute atomic E-state index is 12.1. The molecule has 1 amide bonds. The quantitative estimate of drug-likeness (QED) is 0.812. The van der Waals surface area contributed by atoms with E-state index in [1.165, 1.54) is 0 Å². The molecule has 0 heterocycles.